The Hall–Kier alpha value is -2.44. The Kier molecular flexibility index (Phi) is 4.33. The quantitative estimate of drug-likeness (QED) is 0.519. The molecule has 28 heavy (non-hydrogen) atoms. The monoisotopic (exact) mass is 395 g/mol. The van der Waals surface area contributed by atoms with Gasteiger partial charge in [-0.25, -0.2) is 9.97 Å². The maximum atomic E-state index is 6.33. The second-order valence-electron chi connectivity index (χ2n) is 7.62. The lowest BCUT2D eigenvalue weighted by Gasteiger charge is -2.30. The van der Waals surface area contributed by atoms with Crippen LogP contribution in [0.1, 0.15) is 37.3 Å². The van der Waals surface area contributed by atoms with Crippen molar-refractivity contribution in [3.63, 3.8) is 0 Å². The number of halogens is 1. The number of hydrogen-bond acceptors (Lipinski definition) is 4. The van der Waals surface area contributed by atoms with E-state index in [-0.39, 0.29) is 6.10 Å². The van der Waals surface area contributed by atoms with Gasteiger partial charge in [0.1, 0.15) is 11.3 Å². The standard InChI is InChI=1S/C21H22ClN5O/c1-13-7-16(5-6-28-13)27-20(9-15-11-26(2)12-24-15)25-19-10-23-18-4-3-14(22)8-17(18)21(19)27/h3-4,8,10-13,16H,5-7,9H2,1-2H3/t13-,16-/m1/s1. The largest absolute Gasteiger partial charge is 0.378 e. The molecule has 144 valence electrons. The maximum absolute atomic E-state index is 6.33. The Balaban J connectivity index is 1.74. The van der Waals surface area contributed by atoms with E-state index in [4.69, 9.17) is 21.3 Å². The van der Waals surface area contributed by atoms with Gasteiger partial charge in [0, 0.05) is 42.7 Å². The van der Waals surface area contributed by atoms with Crippen LogP contribution in [0.2, 0.25) is 5.02 Å². The lowest BCUT2D eigenvalue weighted by molar-refractivity contribution is 0.00631. The first-order chi connectivity index (χ1) is 13.6. The van der Waals surface area contributed by atoms with Gasteiger partial charge in [-0.2, -0.15) is 0 Å². The van der Waals surface area contributed by atoms with E-state index in [1.807, 2.05) is 48.5 Å². The van der Waals surface area contributed by atoms with E-state index < -0.39 is 0 Å². The second-order valence-corrected chi connectivity index (χ2v) is 8.05. The SMILES string of the molecule is C[C@@H]1C[C@H](n2c(Cc3cn(C)cn3)nc3cnc4ccc(Cl)cc4c32)CCO1. The predicted octanol–water partition coefficient (Wildman–Crippen LogP) is 4.30. The van der Waals surface area contributed by atoms with Crippen LogP contribution in [0.25, 0.3) is 21.9 Å². The van der Waals surface area contributed by atoms with Gasteiger partial charge in [0.05, 0.1) is 35.4 Å². The molecule has 4 heterocycles. The third-order valence-corrected chi connectivity index (χ3v) is 5.71. The molecule has 0 aliphatic carbocycles. The zero-order valence-corrected chi connectivity index (χ0v) is 16.7. The first-order valence-electron chi connectivity index (χ1n) is 9.62. The number of pyridine rings is 1. The molecule has 1 saturated heterocycles. The highest BCUT2D eigenvalue weighted by molar-refractivity contribution is 6.31. The van der Waals surface area contributed by atoms with Crippen molar-refractivity contribution in [1.29, 1.82) is 0 Å². The maximum Gasteiger partial charge on any atom is 0.116 e. The minimum absolute atomic E-state index is 0.232. The van der Waals surface area contributed by atoms with Crippen molar-refractivity contribution in [1.82, 2.24) is 24.1 Å². The Morgan fingerprint density at radius 3 is 2.93 bits per heavy atom. The molecule has 1 fully saturated rings. The number of imidazole rings is 2. The molecule has 7 heteroatoms. The van der Waals surface area contributed by atoms with Crippen LogP contribution < -0.4 is 0 Å². The number of hydrogen-bond donors (Lipinski definition) is 0. The van der Waals surface area contributed by atoms with Crippen molar-refractivity contribution in [2.45, 2.75) is 38.3 Å². The van der Waals surface area contributed by atoms with Crippen LogP contribution in [0.3, 0.4) is 0 Å². The van der Waals surface area contributed by atoms with Crippen molar-refractivity contribution < 1.29 is 4.74 Å². The summed E-state index contributed by atoms with van der Waals surface area (Å²) in [6.07, 6.45) is 8.59. The number of aryl methyl sites for hydroxylation is 1. The van der Waals surface area contributed by atoms with Crippen molar-refractivity contribution in [3.8, 4) is 0 Å². The Bertz CT molecular complexity index is 1160. The van der Waals surface area contributed by atoms with Gasteiger partial charge in [-0.05, 0) is 38.0 Å². The number of fused-ring (bicyclic) bond motifs is 3. The molecule has 0 amide bonds. The Labute approximate surface area is 168 Å². The van der Waals surface area contributed by atoms with E-state index in [2.05, 4.69) is 21.5 Å². The van der Waals surface area contributed by atoms with Crippen LogP contribution in [0.15, 0.2) is 36.9 Å². The lowest BCUT2D eigenvalue weighted by Crippen LogP contribution is -2.26. The van der Waals surface area contributed by atoms with Crippen molar-refractivity contribution >= 4 is 33.5 Å². The molecule has 0 spiro atoms. The minimum Gasteiger partial charge on any atom is -0.378 e. The molecule has 5 rings (SSSR count). The van der Waals surface area contributed by atoms with E-state index in [0.717, 1.165) is 52.9 Å². The Morgan fingerprint density at radius 1 is 1.25 bits per heavy atom. The molecule has 3 aromatic heterocycles. The third kappa shape index (κ3) is 3.06. The van der Waals surface area contributed by atoms with Crippen LogP contribution >= 0.6 is 11.6 Å². The topological polar surface area (TPSA) is 57.8 Å². The summed E-state index contributed by atoms with van der Waals surface area (Å²) in [5.41, 5.74) is 3.95. The summed E-state index contributed by atoms with van der Waals surface area (Å²) in [6, 6.07) is 6.18. The van der Waals surface area contributed by atoms with Crippen molar-refractivity contribution in [2.24, 2.45) is 7.05 Å². The molecule has 0 saturated carbocycles. The number of nitrogens with zero attached hydrogens (tertiary/aromatic N) is 5. The fourth-order valence-corrected chi connectivity index (χ4v) is 4.42. The van der Waals surface area contributed by atoms with Crippen LogP contribution in [0.5, 0.6) is 0 Å². The third-order valence-electron chi connectivity index (χ3n) is 5.47. The van der Waals surface area contributed by atoms with Gasteiger partial charge in [-0.15, -0.1) is 0 Å². The molecule has 0 N–H and O–H groups in total. The van der Waals surface area contributed by atoms with Gasteiger partial charge in [0.2, 0.25) is 0 Å². The summed E-state index contributed by atoms with van der Waals surface area (Å²) in [5.74, 6) is 1.02. The fraction of sp³-hybridized carbons (Fsp3) is 0.381. The summed E-state index contributed by atoms with van der Waals surface area (Å²) in [6.45, 7) is 2.90. The average Bonchev–Trinajstić information content (AvgIpc) is 3.25. The molecule has 1 aliphatic rings. The number of ether oxygens (including phenoxy) is 1. The summed E-state index contributed by atoms with van der Waals surface area (Å²) in [5, 5.41) is 1.75. The number of rotatable bonds is 3. The van der Waals surface area contributed by atoms with E-state index in [1.165, 1.54) is 0 Å². The normalized spacial score (nSPS) is 20.2. The minimum atomic E-state index is 0.232. The molecule has 4 aromatic rings. The summed E-state index contributed by atoms with van der Waals surface area (Å²) in [7, 11) is 1.99. The average molecular weight is 396 g/mol. The molecule has 6 nitrogen and oxygen atoms in total. The van der Waals surface area contributed by atoms with Crippen molar-refractivity contribution in [2.75, 3.05) is 6.61 Å². The Morgan fingerprint density at radius 2 is 2.14 bits per heavy atom. The van der Waals surface area contributed by atoms with Crippen LogP contribution in [-0.4, -0.2) is 36.8 Å². The highest BCUT2D eigenvalue weighted by Crippen LogP contribution is 2.34. The summed E-state index contributed by atoms with van der Waals surface area (Å²) < 4.78 is 10.2. The van der Waals surface area contributed by atoms with Gasteiger partial charge in [-0.3, -0.25) is 4.98 Å². The first-order valence-corrected chi connectivity index (χ1v) is 10.00. The number of benzene rings is 1. The zero-order valence-electron chi connectivity index (χ0n) is 16.0. The van der Waals surface area contributed by atoms with Gasteiger partial charge in [0.25, 0.3) is 0 Å². The molecule has 2 atom stereocenters. The second kappa shape index (κ2) is 6.87. The van der Waals surface area contributed by atoms with Gasteiger partial charge in [-0.1, -0.05) is 11.6 Å². The predicted molar refractivity (Wildman–Crippen MR) is 110 cm³/mol. The lowest BCUT2D eigenvalue weighted by atomic mass is 10.0. The molecule has 0 bridgehead atoms. The molecule has 0 radical (unpaired) electrons. The summed E-state index contributed by atoms with van der Waals surface area (Å²) >= 11 is 6.33. The highest BCUT2D eigenvalue weighted by atomic mass is 35.5. The molecular formula is C21H22ClN5O. The molecule has 1 aromatic carbocycles. The molecule has 1 aliphatic heterocycles. The van der Waals surface area contributed by atoms with E-state index in [9.17, 15) is 0 Å². The van der Waals surface area contributed by atoms with Crippen LogP contribution in [-0.2, 0) is 18.2 Å². The molecular weight excluding hydrogens is 374 g/mol. The van der Waals surface area contributed by atoms with Gasteiger partial charge < -0.3 is 13.9 Å². The van der Waals surface area contributed by atoms with Crippen LogP contribution in [0, 0.1) is 0 Å². The fourth-order valence-electron chi connectivity index (χ4n) is 4.24. The van der Waals surface area contributed by atoms with E-state index >= 15 is 0 Å². The van der Waals surface area contributed by atoms with Crippen molar-refractivity contribution in [3.05, 3.63) is 53.5 Å². The van der Waals surface area contributed by atoms with E-state index in [1.54, 1.807) is 0 Å². The van der Waals surface area contributed by atoms with Crippen LogP contribution in [0.4, 0.5) is 0 Å². The first kappa shape index (κ1) is 17.6. The zero-order chi connectivity index (χ0) is 19.3. The van der Waals surface area contributed by atoms with Gasteiger partial charge in [0.15, 0.2) is 0 Å². The highest BCUT2D eigenvalue weighted by Gasteiger charge is 2.26. The summed E-state index contributed by atoms with van der Waals surface area (Å²) in [4.78, 5) is 14.1. The van der Waals surface area contributed by atoms with E-state index in [0.29, 0.717) is 17.5 Å². The number of aromatic nitrogens is 5. The van der Waals surface area contributed by atoms with Gasteiger partial charge >= 0.3 is 0 Å². The smallest absolute Gasteiger partial charge is 0.116 e. The molecule has 0 unspecified atom stereocenters.